The van der Waals surface area contributed by atoms with Crippen molar-refractivity contribution >= 4 is 5.65 Å². The topological polar surface area (TPSA) is 43.2 Å². The van der Waals surface area contributed by atoms with Gasteiger partial charge in [-0.3, -0.25) is 9.20 Å². The van der Waals surface area contributed by atoms with Crippen molar-refractivity contribution in [3.63, 3.8) is 0 Å². The lowest BCUT2D eigenvalue weighted by Gasteiger charge is -2.29. The van der Waals surface area contributed by atoms with Crippen molar-refractivity contribution < 1.29 is 9.80 Å². The molecule has 1 aliphatic heterocycles. The highest BCUT2D eigenvalue weighted by Crippen LogP contribution is 2.05. The fourth-order valence-electron chi connectivity index (χ4n) is 3.99. The van der Waals surface area contributed by atoms with Crippen molar-refractivity contribution in [3.05, 3.63) is 81.4 Å². The number of aryl methyl sites for hydroxylation is 2. The number of pyridine rings is 1. The third-order valence-electron chi connectivity index (χ3n) is 5.66. The van der Waals surface area contributed by atoms with Gasteiger partial charge in [0.05, 0.1) is 0 Å². The number of hydrogen-bond donors (Lipinski definition) is 2. The van der Waals surface area contributed by atoms with Crippen LogP contribution in [0.2, 0.25) is 0 Å². The maximum Gasteiger partial charge on any atom is 0.258 e. The Morgan fingerprint density at radius 1 is 0.963 bits per heavy atom. The van der Waals surface area contributed by atoms with Crippen LogP contribution in [-0.2, 0) is 13.1 Å². The first-order chi connectivity index (χ1) is 13.1. The van der Waals surface area contributed by atoms with Crippen LogP contribution >= 0.6 is 0 Å². The smallest absolute Gasteiger partial charge is 0.258 e. The zero-order chi connectivity index (χ0) is 18.8. The summed E-state index contributed by atoms with van der Waals surface area (Å²) in [6.45, 7) is 10.7. The van der Waals surface area contributed by atoms with Crippen molar-refractivity contribution in [2.75, 3.05) is 26.2 Å². The van der Waals surface area contributed by atoms with Gasteiger partial charge in [-0.05, 0) is 31.0 Å². The molecule has 1 aromatic carbocycles. The third-order valence-corrected chi connectivity index (χ3v) is 5.66. The van der Waals surface area contributed by atoms with E-state index in [9.17, 15) is 4.79 Å². The van der Waals surface area contributed by atoms with Gasteiger partial charge in [-0.15, -0.1) is 0 Å². The van der Waals surface area contributed by atoms with Crippen LogP contribution in [-0.4, -0.2) is 35.6 Å². The van der Waals surface area contributed by atoms with Crippen molar-refractivity contribution in [1.82, 2.24) is 9.38 Å². The van der Waals surface area contributed by atoms with Crippen LogP contribution in [0, 0.1) is 13.8 Å². The molecule has 5 heteroatoms. The second-order valence-electron chi connectivity index (χ2n) is 7.80. The Labute approximate surface area is 159 Å². The summed E-state index contributed by atoms with van der Waals surface area (Å²) in [6, 6.07) is 14.3. The number of aromatic nitrogens is 2. The Balaban J connectivity index is 1.39. The number of quaternary nitrogens is 2. The van der Waals surface area contributed by atoms with Gasteiger partial charge < -0.3 is 9.80 Å². The molecule has 0 atom stereocenters. The quantitative estimate of drug-likeness (QED) is 0.673. The molecule has 27 heavy (non-hydrogen) atoms. The summed E-state index contributed by atoms with van der Waals surface area (Å²) >= 11 is 0. The van der Waals surface area contributed by atoms with E-state index in [-0.39, 0.29) is 5.56 Å². The molecule has 0 bridgehead atoms. The molecule has 2 aromatic heterocycles. The lowest BCUT2D eigenvalue weighted by Crippen LogP contribution is -3.27. The molecule has 1 saturated heterocycles. The van der Waals surface area contributed by atoms with Crippen molar-refractivity contribution in [2.24, 2.45) is 0 Å². The fourth-order valence-corrected chi connectivity index (χ4v) is 3.99. The van der Waals surface area contributed by atoms with E-state index in [0.29, 0.717) is 0 Å². The second kappa shape index (κ2) is 7.62. The van der Waals surface area contributed by atoms with Gasteiger partial charge in [0, 0.05) is 17.8 Å². The van der Waals surface area contributed by atoms with Crippen LogP contribution < -0.4 is 15.4 Å². The fraction of sp³-hybridized carbons (Fsp3) is 0.364. The number of rotatable bonds is 4. The lowest BCUT2D eigenvalue weighted by molar-refractivity contribution is -1.02. The van der Waals surface area contributed by atoms with E-state index in [1.807, 2.05) is 25.3 Å². The summed E-state index contributed by atoms with van der Waals surface area (Å²) in [7, 11) is 0. The minimum Gasteiger partial charge on any atom is -0.322 e. The Kier molecular flexibility index (Phi) is 5.05. The Bertz CT molecular complexity index is 1000. The number of fused-ring (bicyclic) bond motifs is 1. The monoisotopic (exact) mass is 364 g/mol. The molecule has 0 amide bonds. The minimum absolute atomic E-state index is 0.0157. The van der Waals surface area contributed by atoms with Crippen molar-refractivity contribution in [2.45, 2.75) is 26.9 Å². The van der Waals surface area contributed by atoms with E-state index in [0.717, 1.165) is 56.2 Å². The van der Waals surface area contributed by atoms with E-state index >= 15 is 0 Å². The molecule has 1 fully saturated rings. The minimum atomic E-state index is 0.0157. The maximum absolute atomic E-state index is 12.4. The normalized spacial score (nSPS) is 20.1. The zero-order valence-electron chi connectivity index (χ0n) is 16.2. The maximum atomic E-state index is 12.4. The molecule has 1 aliphatic rings. The van der Waals surface area contributed by atoms with Gasteiger partial charge in [0.15, 0.2) is 0 Å². The number of benzene rings is 1. The van der Waals surface area contributed by atoms with Crippen LogP contribution in [0.25, 0.3) is 5.65 Å². The van der Waals surface area contributed by atoms with Crippen LogP contribution in [0.15, 0.2) is 53.5 Å². The predicted octanol–water partition coefficient (Wildman–Crippen LogP) is -0.205. The predicted molar refractivity (Wildman–Crippen MR) is 106 cm³/mol. The van der Waals surface area contributed by atoms with E-state index in [4.69, 9.17) is 4.98 Å². The molecule has 3 aromatic rings. The largest absolute Gasteiger partial charge is 0.322 e. The Hall–Kier alpha value is -2.50. The number of nitrogens with zero attached hydrogens (tertiary/aromatic N) is 2. The van der Waals surface area contributed by atoms with Crippen molar-refractivity contribution in [3.8, 4) is 0 Å². The molecule has 4 rings (SSSR count). The van der Waals surface area contributed by atoms with Gasteiger partial charge in [0.1, 0.15) is 50.6 Å². The van der Waals surface area contributed by atoms with Gasteiger partial charge in [-0.2, -0.15) is 0 Å². The molecule has 0 saturated carbocycles. The van der Waals surface area contributed by atoms with Gasteiger partial charge in [0.2, 0.25) is 0 Å². The highest BCUT2D eigenvalue weighted by atomic mass is 16.1. The highest BCUT2D eigenvalue weighted by molar-refractivity contribution is 5.39. The van der Waals surface area contributed by atoms with E-state index in [1.165, 1.54) is 16.0 Å². The average Bonchev–Trinajstić information content (AvgIpc) is 2.66. The molecule has 0 spiro atoms. The molecular weight excluding hydrogens is 336 g/mol. The molecule has 2 N–H and O–H groups in total. The van der Waals surface area contributed by atoms with E-state index < -0.39 is 0 Å². The first-order valence-electron chi connectivity index (χ1n) is 9.79. The van der Waals surface area contributed by atoms with Crippen LogP contribution in [0.5, 0.6) is 0 Å². The number of nitrogens with one attached hydrogen (secondary N) is 2. The highest BCUT2D eigenvalue weighted by Gasteiger charge is 2.24. The average molecular weight is 364 g/mol. The van der Waals surface area contributed by atoms with Gasteiger partial charge in [0.25, 0.3) is 5.56 Å². The second-order valence-corrected chi connectivity index (χ2v) is 7.80. The van der Waals surface area contributed by atoms with Crippen LogP contribution in [0.3, 0.4) is 0 Å². The summed E-state index contributed by atoms with van der Waals surface area (Å²) in [5.74, 6) is 0. The van der Waals surface area contributed by atoms with Gasteiger partial charge >= 0.3 is 0 Å². The molecule has 0 radical (unpaired) electrons. The molecule has 3 heterocycles. The Morgan fingerprint density at radius 2 is 1.67 bits per heavy atom. The van der Waals surface area contributed by atoms with E-state index in [1.54, 1.807) is 15.4 Å². The van der Waals surface area contributed by atoms with Crippen LogP contribution in [0.4, 0.5) is 0 Å². The number of piperazine rings is 1. The standard InChI is InChI=1S/C22H26N4O/c1-17-7-8-21-23-20(13-22(27)26(21)14-17)16-25-11-9-24(10-12-25)15-19-6-4-3-5-18(19)2/h3-8,13-14H,9-12,15-16H2,1-2H3/p+2. The van der Waals surface area contributed by atoms with Gasteiger partial charge in [-0.1, -0.05) is 30.3 Å². The van der Waals surface area contributed by atoms with Crippen molar-refractivity contribution in [1.29, 1.82) is 0 Å². The Morgan fingerprint density at radius 3 is 2.41 bits per heavy atom. The summed E-state index contributed by atoms with van der Waals surface area (Å²) in [4.78, 5) is 20.3. The first kappa shape index (κ1) is 17.9. The first-order valence-corrected chi connectivity index (χ1v) is 9.79. The SMILES string of the molecule is Cc1ccc2nc(C[NH+]3CC[NH+](Cc4ccccc4C)CC3)cc(=O)n2c1. The molecule has 0 aliphatic carbocycles. The van der Waals surface area contributed by atoms with Gasteiger partial charge in [-0.25, -0.2) is 4.98 Å². The summed E-state index contributed by atoms with van der Waals surface area (Å²) in [5, 5.41) is 0. The molecule has 5 nitrogen and oxygen atoms in total. The molecule has 140 valence electrons. The van der Waals surface area contributed by atoms with Crippen LogP contribution in [0.1, 0.15) is 22.4 Å². The summed E-state index contributed by atoms with van der Waals surface area (Å²) in [5.41, 5.74) is 5.57. The molecular formula is C22H28N4O+2. The third kappa shape index (κ3) is 4.10. The lowest BCUT2D eigenvalue weighted by atomic mass is 10.1. The van der Waals surface area contributed by atoms with E-state index in [2.05, 4.69) is 31.2 Å². The summed E-state index contributed by atoms with van der Waals surface area (Å²) < 4.78 is 1.64. The molecule has 0 unspecified atom stereocenters. The number of hydrogen-bond acceptors (Lipinski definition) is 2. The zero-order valence-corrected chi connectivity index (χ0v) is 16.2. The summed E-state index contributed by atoms with van der Waals surface area (Å²) in [6.07, 6.45) is 1.86.